The molecule has 158 valence electrons. The Labute approximate surface area is 177 Å². The summed E-state index contributed by atoms with van der Waals surface area (Å²) in [5.41, 5.74) is 4.21. The third kappa shape index (κ3) is 4.22. The van der Waals surface area contributed by atoms with Crippen LogP contribution in [0.3, 0.4) is 0 Å². The summed E-state index contributed by atoms with van der Waals surface area (Å²) in [5.74, 6) is 1.42. The Kier molecular flexibility index (Phi) is 5.83. The van der Waals surface area contributed by atoms with E-state index in [9.17, 15) is 4.79 Å². The fourth-order valence-corrected chi connectivity index (χ4v) is 3.82. The number of hydrogen-bond donors (Lipinski definition) is 1. The van der Waals surface area contributed by atoms with Crippen molar-refractivity contribution in [2.45, 2.75) is 26.4 Å². The molecule has 2 fully saturated rings. The molecule has 0 aliphatic carbocycles. The number of carbonyl (C=O) groups is 1. The van der Waals surface area contributed by atoms with E-state index in [-0.39, 0.29) is 11.8 Å². The van der Waals surface area contributed by atoms with E-state index in [1.165, 1.54) is 0 Å². The number of aryl methyl sites for hydroxylation is 2. The van der Waals surface area contributed by atoms with Crippen LogP contribution in [0.25, 0.3) is 17.3 Å². The number of rotatable bonds is 7. The second-order valence-electron chi connectivity index (χ2n) is 8.19. The summed E-state index contributed by atoms with van der Waals surface area (Å²) in [7, 11) is 2.00. The van der Waals surface area contributed by atoms with E-state index < -0.39 is 0 Å². The first-order valence-corrected chi connectivity index (χ1v) is 10.4. The summed E-state index contributed by atoms with van der Waals surface area (Å²) >= 11 is 0. The Morgan fingerprint density at radius 3 is 2.77 bits per heavy atom. The lowest BCUT2D eigenvalue weighted by Gasteiger charge is -2.41. The fraction of sp³-hybridized carbons (Fsp3) is 0.435. The Balaban J connectivity index is 1.43. The first-order chi connectivity index (χ1) is 14.4. The molecule has 1 unspecified atom stereocenters. The number of benzene rings is 1. The van der Waals surface area contributed by atoms with Crippen molar-refractivity contribution in [1.29, 1.82) is 0 Å². The number of nitrogens with one attached hydrogen (secondary N) is 1. The predicted molar refractivity (Wildman–Crippen MR) is 118 cm³/mol. The summed E-state index contributed by atoms with van der Waals surface area (Å²) in [6, 6.07) is 6.24. The van der Waals surface area contributed by atoms with E-state index in [1.807, 2.05) is 33.2 Å². The molecule has 1 amide bonds. The zero-order chi connectivity index (χ0) is 21.3. The number of ether oxygens (including phenoxy) is 1. The van der Waals surface area contributed by atoms with E-state index in [4.69, 9.17) is 4.74 Å². The minimum Gasteiger partial charge on any atom is -0.377 e. The highest BCUT2D eigenvalue weighted by molar-refractivity contribution is 5.83. The molecule has 1 N–H and O–H groups in total. The highest BCUT2D eigenvalue weighted by Gasteiger charge is 2.35. The average molecular weight is 408 g/mol. The van der Waals surface area contributed by atoms with Crippen molar-refractivity contribution in [2.24, 2.45) is 18.0 Å². The summed E-state index contributed by atoms with van der Waals surface area (Å²) < 4.78 is 7.52. The van der Waals surface area contributed by atoms with Gasteiger partial charge < -0.3 is 14.6 Å². The monoisotopic (exact) mass is 407 g/mol. The van der Waals surface area contributed by atoms with Gasteiger partial charge in [0.25, 0.3) is 0 Å². The van der Waals surface area contributed by atoms with E-state index in [1.54, 1.807) is 0 Å². The van der Waals surface area contributed by atoms with Crippen LogP contribution in [0.2, 0.25) is 0 Å². The van der Waals surface area contributed by atoms with Crippen molar-refractivity contribution in [2.75, 3.05) is 26.2 Å². The van der Waals surface area contributed by atoms with Gasteiger partial charge in [0.15, 0.2) is 0 Å². The lowest BCUT2D eigenvalue weighted by Crippen LogP contribution is -2.56. The molecule has 1 aromatic carbocycles. The minimum atomic E-state index is -0.0138. The molecule has 3 heterocycles. The zero-order valence-corrected chi connectivity index (χ0v) is 17.9. The maximum atomic E-state index is 12.6. The molecule has 4 rings (SSSR count). The fourth-order valence-electron chi connectivity index (χ4n) is 3.82. The van der Waals surface area contributed by atoms with Crippen LogP contribution in [-0.4, -0.2) is 59.4 Å². The molecule has 0 radical (unpaired) electrons. The number of likely N-dealkylation sites (tertiary alicyclic amines) is 1. The topological polar surface area (TPSA) is 71.8 Å². The van der Waals surface area contributed by atoms with Gasteiger partial charge in [-0.05, 0) is 50.3 Å². The smallest absolute Gasteiger partial charge is 0.231 e. The van der Waals surface area contributed by atoms with E-state index in [0.29, 0.717) is 11.9 Å². The van der Waals surface area contributed by atoms with Crippen molar-refractivity contribution in [3.63, 3.8) is 0 Å². The summed E-state index contributed by atoms with van der Waals surface area (Å²) in [6.45, 7) is 11.0. The van der Waals surface area contributed by atoms with Crippen molar-refractivity contribution < 1.29 is 9.53 Å². The predicted octanol–water partition coefficient (Wildman–Crippen LogP) is 2.54. The Hall–Kier alpha value is -2.77. The molecule has 0 saturated carbocycles. The van der Waals surface area contributed by atoms with Gasteiger partial charge in [-0.3, -0.25) is 9.69 Å². The molecule has 1 aromatic heterocycles. The van der Waals surface area contributed by atoms with Crippen LogP contribution in [-0.2, 0) is 16.6 Å². The average Bonchev–Trinajstić information content (AvgIpc) is 2.99. The van der Waals surface area contributed by atoms with Crippen LogP contribution < -0.4 is 5.32 Å². The SMILES string of the molecule is C=N/C(=C\c1cc(-c2cnc(C)n2C)ccc1C)NC(=O)C1CN(CC2CCO2)C1. The second-order valence-corrected chi connectivity index (χ2v) is 8.19. The maximum absolute atomic E-state index is 12.6. The lowest BCUT2D eigenvalue weighted by molar-refractivity contribution is -0.132. The maximum Gasteiger partial charge on any atom is 0.231 e. The molecule has 1 atom stereocenters. The van der Waals surface area contributed by atoms with Gasteiger partial charge in [0.2, 0.25) is 5.91 Å². The quantitative estimate of drug-likeness (QED) is 0.716. The second kappa shape index (κ2) is 8.53. The van der Waals surface area contributed by atoms with Crippen LogP contribution in [0.5, 0.6) is 0 Å². The molecule has 7 nitrogen and oxygen atoms in total. The number of carbonyl (C=O) groups excluding carboxylic acids is 1. The lowest BCUT2D eigenvalue weighted by atomic mass is 9.97. The van der Waals surface area contributed by atoms with Gasteiger partial charge in [-0.2, -0.15) is 0 Å². The normalized spacial score (nSPS) is 19.8. The number of aliphatic imine (C=N–C) groups is 1. The summed E-state index contributed by atoms with van der Waals surface area (Å²) in [5, 5.41) is 2.94. The van der Waals surface area contributed by atoms with Crippen LogP contribution in [0.4, 0.5) is 0 Å². The molecule has 2 saturated heterocycles. The van der Waals surface area contributed by atoms with Crippen molar-refractivity contribution >= 4 is 18.7 Å². The van der Waals surface area contributed by atoms with Gasteiger partial charge in [-0.25, -0.2) is 9.98 Å². The third-order valence-corrected chi connectivity index (χ3v) is 6.09. The van der Waals surface area contributed by atoms with Gasteiger partial charge >= 0.3 is 0 Å². The molecule has 2 aromatic rings. The van der Waals surface area contributed by atoms with Crippen molar-refractivity contribution in [3.05, 3.63) is 47.2 Å². The van der Waals surface area contributed by atoms with E-state index in [2.05, 4.69) is 49.7 Å². The number of imidazole rings is 1. The molecule has 2 aliphatic rings. The van der Waals surface area contributed by atoms with Gasteiger partial charge in [-0.1, -0.05) is 12.1 Å². The number of hydrogen-bond acceptors (Lipinski definition) is 5. The van der Waals surface area contributed by atoms with Gasteiger partial charge in [0, 0.05) is 38.9 Å². The third-order valence-electron chi connectivity index (χ3n) is 6.09. The van der Waals surface area contributed by atoms with Crippen LogP contribution >= 0.6 is 0 Å². The van der Waals surface area contributed by atoms with Crippen LogP contribution in [0, 0.1) is 19.8 Å². The number of amides is 1. The van der Waals surface area contributed by atoms with E-state index in [0.717, 1.165) is 60.9 Å². The van der Waals surface area contributed by atoms with Gasteiger partial charge in [0.1, 0.15) is 11.6 Å². The standard InChI is InChI=1S/C23H29N5O2/c1-15-5-6-17(21-11-25-16(2)27(21)4)9-18(15)10-22(24-3)26-23(29)19-12-28(13-19)14-20-7-8-30-20/h5-6,9-11,19-20H,3,7-8,12-14H2,1-2,4H3,(H,26,29)/b22-10+. The van der Waals surface area contributed by atoms with E-state index >= 15 is 0 Å². The number of nitrogens with zero attached hydrogens (tertiary/aromatic N) is 4. The molecule has 0 spiro atoms. The molecule has 2 aliphatic heterocycles. The van der Waals surface area contributed by atoms with Crippen molar-refractivity contribution in [1.82, 2.24) is 19.8 Å². The molecular formula is C23H29N5O2. The Morgan fingerprint density at radius 1 is 1.40 bits per heavy atom. The Morgan fingerprint density at radius 2 is 2.17 bits per heavy atom. The van der Waals surface area contributed by atoms with Gasteiger partial charge in [0.05, 0.1) is 23.9 Å². The highest BCUT2D eigenvalue weighted by Crippen LogP contribution is 2.25. The zero-order valence-electron chi connectivity index (χ0n) is 17.9. The van der Waals surface area contributed by atoms with Crippen LogP contribution in [0.15, 0.2) is 35.2 Å². The summed E-state index contributed by atoms with van der Waals surface area (Å²) in [4.78, 5) is 23.3. The molecular weight excluding hydrogens is 378 g/mol. The highest BCUT2D eigenvalue weighted by atomic mass is 16.5. The minimum absolute atomic E-state index is 0.00417. The van der Waals surface area contributed by atoms with Gasteiger partial charge in [-0.15, -0.1) is 0 Å². The Bertz CT molecular complexity index is 983. The largest absolute Gasteiger partial charge is 0.377 e. The molecule has 30 heavy (non-hydrogen) atoms. The first kappa shape index (κ1) is 20.5. The number of aromatic nitrogens is 2. The van der Waals surface area contributed by atoms with Crippen LogP contribution in [0.1, 0.15) is 23.4 Å². The first-order valence-electron chi connectivity index (χ1n) is 10.4. The molecule has 0 bridgehead atoms. The van der Waals surface area contributed by atoms with Crippen molar-refractivity contribution in [3.8, 4) is 11.3 Å². The summed E-state index contributed by atoms with van der Waals surface area (Å²) in [6.07, 6.45) is 5.22. The molecule has 7 heteroatoms.